The number of rotatable bonds is 2. The third-order valence-corrected chi connectivity index (χ3v) is 6.38. The molecule has 0 aliphatic heterocycles. The number of carbonyl (C=O) groups excluding carboxylic acids is 1. The van der Waals surface area contributed by atoms with E-state index in [4.69, 9.17) is 5.73 Å². The summed E-state index contributed by atoms with van der Waals surface area (Å²) < 4.78 is 0. The van der Waals surface area contributed by atoms with Gasteiger partial charge in [-0.15, -0.1) is 0 Å². The molecule has 2 saturated carbocycles. The Hall–Kier alpha value is -1.71. The molecule has 1 amide bonds. The van der Waals surface area contributed by atoms with E-state index in [1.165, 1.54) is 18.6 Å². The molecule has 1 aromatic carbocycles. The van der Waals surface area contributed by atoms with Crippen LogP contribution in [-0.2, 0) is 0 Å². The number of hydrogen-bond donors (Lipinski definition) is 3. The highest BCUT2D eigenvalue weighted by Gasteiger charge is 2.61. The molecule has 0 spiro atoms. The van der Waals surface area contributed by atoms with Crippen molar-refractivity contribution in [1.29, 1.82) is 0 Å². The van der Waals surface area contributed by atoms with Crippen LogP contribution in [0.3, 0.4) is 0 Å². The molecule has 0 heterocycles. The molecule has 2 bridgehead atoms. The fourth-order valence-corrected chi connectivity index (χ4v) is 4.40. The first kappa shape index (κ1) is 14.2. The zero-order valence-electron chi connectivity index (χ0n) is 12.9. The lowest BCUT2D eigenvalue weighted by atomic mass is 9.69. The summed E-state index contributed by atoms with van der Waals surface area (Å²) in [6.07, 6.45) is 3.45. The molecule has 0 aromatic heterocycles. The first-order valence-electron chi connectivity index (χ1n) is 7.65. The van der Waals surface area contributed by atoms with Gasteiger partial charge in [0.2, 0.25) is 0 Å². The zero-order chi connectivity index (χ0) is 15.4. The molecule has 2 aliphatic rings. The lowest BCUT2D eigenvalue weighted by Crippen LogP contribution is -2.47. The maximum atomic E-state index is 12.5. The van der Waals surface area contributed by atoms with Gasteiger partial charge in [0.25, 0.3) is 5.91 Å². The third kappa shape index (κ3) is 1.92. The Labute approximate surface area is 125 Å². The minimum atomic E-state index is -0.182. The molecule has 3 atom stereocenters. The van der Waals surface area contributed by atoms with Crippen molar-refractivity contribution in [2.75, 3.05) is 5.73 Å². The predicted octanol–water partition coefficient (Wildman–Crippen LogP) is 2.92. The molecule has 0 saturated heterocycles. The number of hydrogen-bond acceptors (Lipinski definition) is 3. The van der Waals surface area contributed by atoms with Crippen LogP contribution in [0.1, 0.15) is 50.4 Å². The molecule has 4 heteroatoms. The minimum Gasteiger partial charge on any atom is -0.508 e. The number of phenols is 1. The highest BCUT2D eigenvalue weighted by Crippen LogP contribution is 2.65. The number of benzene rings is 1. The number of amides is 1. The van der Waals surface area contributed by atoms with E-state index in [1.807, 2.05) is 0 Å². The second-order valence-electron chi connectivity index (χ2n) is 7.41. The van der Waals surface area contributed by atoms with E-state index >= 15 is 0 Å². The van der Waals surface area contributed by atoms with Crippen LogP contribution in [0.15, 0.2) is 18.2 Å². The number of phenolic OH excluding ortho intramolecular Hbond substituents is 1. The molecule has 2 fully saturated rings. The van der Waals surface area contributed by atoms with Gasteiger partial charge in [-0.05, 0) is 54.2 Å². The predicted molar refractivity (Wildman–Crippen MR) is 83.0 cm³/mol. The Morgan fingerprint density at radius 3 is 2.67 bits per heavy atom. The van der Waals surface area contributed by atoms with Crippen LogP contribution in [0.2, 0.25) is 0 Å². The molecule has 0 radical (unpaired) electrons. The number of fused-ring (bicyclic) bond motifs is 2. The normalized spacial score (nSPS) is 33.1. The van der Waals surface area contributed by atoms with Crippen molar-refractivity contribution in [3.63, 3.8) is 0 Å². The van der Waals surface area contributed by atoms with Crippen molar-refractivity contribution in [2.24, 2.45) is 16.7 Å². The number of nitrogens with two attached hydrogens (primary N) is 1. The number of nitrogen functional groups attached to an aromatic ring is 1. The van der Waals surface area contributed by atoms with Crippen LogP contribution >= 0.6 is 0 Å². The molecule has 21 heavy (non-hydrogen) atoms. The molecule has 114 valence electrons. The first-order chi connectivity index (χ1) is 9.75. The SMILES string of the molecule is CC1(C)C2CCC1(C)C(NC(=O)c1cc(O)ccc1N)C2. The molecule has 3 rings (SSSR count). The summed E-state index contributed by atoms with van der Waals surface area (Å²) in [7, 11) is 0. The summed E-state index contributed by atoms with van der Waals surface area (Å²) in [5.74, 6) is 0.557. The Morgan fingerprint density at radius 2 is 2.10 bits per heavy atom. The number of nitrogens with one attached hydrogen (secondary N) is 1. The van der Waals surface area contributed by atoms with Crippen molar-refractivity contribution in [3.05, 3.63) is 23.8 Å². The molecule has 4 nitrogen and oxygen atoms in total. The third-order valence-electron chi connectivity index (χ3n) is 6.38. The topological polar surface area (TPSA) is 75.3 Å². The van der Waals surface area contributed by atoms with Crippen LogP contribution < -0.4 is 11.1 Å². The van der Waals surface area contributed by atoms with Gasteiger partial charge in [0.05, 0.1) is 5.56 Å². The molecule has 2 aliphatic carbocycles. The number of carbonyl (C=O) groups is 1. The maximum Gasteiger partial charge on any atom is 0.253 e. The Morgan fingerprint density at radius 1 is 1.38 bits per heavy atom. The van der Waals surface area contributed by atoms with Gasteiger partial charge in [0, 0.05) is 11.7 Å². The van der Waals surface area contributed by atoms with E-state index in [2.05, 4.69) is 26.1 Å². The van der Waals surface area contributed by atoms with Gasteiger partial charge in [0.15, 0.2) is 0 Å². The van der Waals surface area contributed by atoms with Crippen molar-refractivity contribution in [3.8, 4) is 5.75 Å². The largest absolute Gasteiger partial charge is 0.508 e. The van der Waals surface area contributed by atoms with Gasteiger partial charge < -0.3 is 16.2 Å². The monoisotopic (exact) mass is 288 g/mol. The molecule has 3 unspecified atom stereocenters. The van der Waals surface area contributed by atoms with Gasteiger partial charge in [-0.1, -0.05) is 20.8 Å². The fraction of sp³-hybridized carbons (Fsp3) is 0.588. The first-order valence-corrected chi connectivity index (χ1v) is 7.65. The average molecular weight is 288 g/mol. The van der Waals surface area contributed by atoms with E-state index in [1.54, 1.807) is 6.07 Å². The number of anilines is 1. The van der Waals surface area contributed by atoms with Gasteiger partial charge in [-0.2, -0.15) is 0 Å². The van der Waals surface area contributed by atoms with Crippen LogP contribution in [0.25, 0.3) is 0 Å². The van der Waals surface area contributed by atoms with E-state index in [0.29, 0.717) is 17.2 Å². The smallest absolute Gasteiger partial charge is 0.253 e. The fourth-order valence-electron chi connectivity index (χ4n) is 4.40. The van der Waals surface area contributed by atoms with Gasteiger partial charge in [0.1, 0.15) is 5.75 Å². The highest BCUT2D eigenvalue weighted by molar-refractivity contribution is 5.99. The average Bonchev–Trinajstić information content (AvgIpc) is 2.74. The summed E-state index contributed by atoms with van der Waals surface area (Å²) in [4.78, 5) is 12.5. The van der Waals surface area contributed by atoms with Crippen molar-refractivity contribution in [2.45, 2.75) is 46.1 Å². The van der Waals surface area contributed by atoms with E-state index in [9.17, 15) is 9.90 Å². The molecule has 1 aromatic rings. The van der Waals surface area contributed by atoms with Gasteiger partial charge in [-0.3, -0.25) is 4.79 Å². The lowest BCUT2D eigenvalue weighted by Gasteiger charge is -2.39. The molecular weight excluding hydrogens is 264 g/mol. The second-order valence-corrected chi connectivity index (χ2v) is 7.41. The van der Waals surface area contributed by atoms with Crippen LogP contribution in [0.4, 0.5) is 5.69 Å². The van der Waals surface area contributed by atoms with Crippen molar-refractivity contribution < 1.29 is 9.90 Å². The quantitative estimate of drug-likeness (QED) is 0.578. The summed E-state index contributed by atoms with van der Waals surface area (Å²) in [5, 5.41) is 12.7. The summed E-state index contributed by atoms with van der Waals surface area (Å²) in [6, 6.07) is 4.68. The highest BCUT2D eigenvalue weighted by atomic mass is 16.3. The minimum absolute atomic E-state index is 0.0637. The van der Waals surface area contributed by atoms with Crippen LogP contribution in [-0.4, -0.2) is 17.1 Å². The lowest BCUT2D eigenvalue weighted by molar-refractivity contribution is 0.0826. The zero-order valence-corrected chi connectivity index (χ0v) is 12.9. The van der Waals surface area contributed by atoms with E-state index in [0.717, 1.165) is 12.8 Å². The maximum absolute atomic E-state index is 12.5. The summed E-state index contributed by atoms with van der Waals surface area (Å²) in [5.41, 5.74) is 7.01. The van der Waals surface area contributed by atoms with Crippen molar-refractivity contribution >= 4 is 11.6 Å². The van der Waals surface area contributed by atoms with Crippen molar-refractivity contribution in [1.82, 2.24) is 5.32 Å². The van der Waals surface area contributed by atoms with E-state index < -0.39 is 0 Å². The molecular formula is C17H24N2O2. The Balaban J connectivity index is 1.82. The van der Waals surface area contributed by atoms with Gasteiger partial charge >= 0.3 is 0 Å². The van der Waals surface area contributed by atoms with Crippen LogP contribution in [0.5, 0.6) is 5.75 Å². The summed E-state index contributed by atoms with van der Waals surface area (Å²) >= 11 is 0. The standard InChI is InChI=1S/C17H24N2O2/c1-16(2)10-6-7-17(16,3)14(8-10)19-15(21)12-9-11(20)4-5-13(12)18/h4-5,9-10,14,20H,6-8,18H2,1-3H3,(H,19,21). The van der Waals surface area contributed by atoms with E-state index in [-0.39, 0.29) is 28.5 Å². The Kier molecular flexibility index (Phi) is 2.98. The number of aromatic hydroxyl groups is 1. The van der Waals surface area contributed by atoms with Crippen LogP contribution in [0, 0.1) is 16.7 Å². The second kappa shape index (κ2) is 4.39. The Bertz CT molecular complexity index is 596. The molecule has 4 N–H and O–H groups in total. The van der Waals surface area contributed by atoms with Gasteiger partial charge in [-0.25, -0.2) is 0 Å². The summed E-state index contributed by atoms with van der Waals surface area (Å²) in [6.45, 7) is 6.93.